The van der Waals surface area contributed by atoms with Crippen molar-refractivity contribution in [3.05, 3.63) is 11.6 Å². The number of aliphatic hydroxyl groups excluding tert-OH is 2. The zero-order chi connectivity index (χ0) is 29.3. The van der Waals surface area contributed by atoms with Crippen molar-refractivity contribution >= 4 is 11.8 Å². The minimum atomic E-state index is -0.463. The van der Waals surface area contributed by atoms with Crippen molar-refractivity contribution in [3.63, 3.8) is 0 Å². The average Bonchev–Trinajstić information content (AvgIpc) is 2.90. The molecule has 5 rings (SSSR count). The highest BCUT2D eigenvalue weighted by Gasteiger charge is 2.69. The van der Waals surface area contributed by atoms with Crippen molar-refractivity contribution in [3.8, 4) is 0 Å². The molecule has 0 heterocycles. The van der Waals surface area contributed by atoms with Gasteiger partial charge in [0.1, 0.15) is 0 Å². The first-order valence-corrected chi connectivity index (χ1v) is 16.2. The lowest BCUT2D eigenvalue weighted by Crippen LogP contribution is -2.66. The minimum absolute atomic E-state index is 0.0330. The molecule has 226 valence electrons. The second-order valence-electron chi connectivity index (χ2n) is 15.9. The van der Waals surface area contributed by atoms with Gasteiger partial charge in [0.05, 0.1) is 24.7 Å². The number of nitrogens with one attached hydrogen (secondary N) is 2. The molecule has 6 heteroatoms. The summed E-state index contributed by atoms with van der Waals surface area (Å²) in [5.41, 5.74) is 1.43. The molecule has 40 heavy (non-hydrogen) atoms. The van der Waals surface area contributed by atoms with Gasteiger partial charge in [0.2, 0.25) is 11.8 Å². The second-order valence-corrected chi connectivity index (χ2v) is 15.9. The molecule has 0 aromatic rings. The predicted molar refractivity (Wildman–Crippen MR) is 158 cm³/mol. The van der Waals surface area contributed by atoms with Gasteiger partial charge in [-0.1, -0.05) is 60.1 Å². The molecule has 0 unspecified atom stereocenters. The third kappa shape index (κ3) is 4.08. The van der Waals surface area contributed by atoms with Crippen molar-refractivity contribution in [2.45, 2.75) is 112 Å². The Morgan fingerprint density at radius 2 is 1.65 bits per heavy atom. The van der Waals surface area contributed by atoms with E-state index in [1.165, 1.54) is 18.4 Å². The molecule has 10 atom stereocenters. The average molecular weight is 557 g/mol. The normalized spacial score (nSPS) is 47.5. The summed E-state index contributed by atoms with van der Waals surface area (Å²) in [6, 6.07) is 0. The van der Waals surface area contributed by atoms with E-state index < -0.39 is 5.41 Å². The predicted octanol–water partition coefficient (Wildman–Crippen LogP) is 5.23. The molecule has 0 bridgehead atoms. The summed E-state index contributed by atoms with van der Waals surface area (Å²) in [5, 5.41) is 25.7. The van der Waals surface area contributed by atoms with Crippen LogP contribution in [0.3, 0.4) is 0 Å². The fraction of sp³-hybridized carbons (Fsp3) is 0.882. The lowest BCUT2D eigenvalue weighted by atomic mass is 9.33. The van der Waals surface area contributed by atoms with Crippen LogP contribution in [0, 0.1) is 56.7 Å². The maximum atomic E-state index is 14.1. The monoisotopic (exact) mass is 556 g/mol. The Labute approximate surface area is 242 Å². The van der Waals surface area contributed by atoms with Gasteiger partial charge in [-0.25, -0.2) is 0 Å². The number of fused-ring (bicyclic) bond motifs is 7. The van der Waals surface area contributed by atoms with Gasteiger partial charge in [0.15, 0.2) is 0 Å². The Hall–Kier alpha value is -1.40. The van der Waals surface area contributed by atoms with Crippen LogP contribution in [-0.2, 0) is 9.59 Å². The standard InChI is InChI=1S/C34H56N2O4/c1-21-10-15-34(29(40)36-20-27(39)35-18-19-37)17-16-32(6)23(28(34)22(21)2)8-9-25-31(5)13-12-26(38)30(3,4)24(31)11-14-33(25,32)7/h8,21-22,24-26,28,37-38H,9-20H2,1-7H3,(H,35,39)(H,36,40)/t21-,22+,24+,25-,26+,28+,31+,32-,33-,34+/m1/s1. The van der Waals surface area contributed by atoms with Gasteiger partial charge in [0, 0.05) is 6.54 Å². The summed E-state index contributed by atoms with van der Waals surface area (Å²) < 4.78 is 0. The largest absolute Gasteiger partial charge is 0.395 e. The van der Waals surface area contributed by atoms with Crippen molar-refractivity contribution in [2.75, 3.05) is 19.7 Å². The van der Waals surface area contributed by atoms with Crippen LogP contribution in [0.15, 0.2) is 11.6 Å². The van der Waals surface area contributed by atoms with E-state index in [0.29, 0.717) is 23.7 Å². The lowest BCUT2D eigenvalue weighted by molar-refractivity contribution is -0.204. The van der Waals surface area contributed by atoms with E-state index in [9.17, 15) is 14.7 Å². The number of rotatable bonds is 5. The highest BCUT2D eigenvalue weighted by molar-refractivity contribution is 5.88. The summed E-state index contributed by atoms with van der Waals surface area (Å²) in [4.78, 5) is 26.4. The van der Waals surface area contributed by atoms with Crippen molar-refractivity contribution in [2.24, 2.45) is 56.7 Å². The molecule has 6 nitrogen and oxygen atoms in total. The molecule has 5 aliphatic carbocycles. The molecule has 4 N–H and O–H groups in total. The van der Waals surface area contributed by atoms with E-state index in [1.807, 2.05) is 0 Å². The van der Waals surface area contributed by atoms with E-state index in [1.54, 1.807) is 0 Å². The fourth-order valence-electron chi connectivity index (χ4n) is 11.5. The molecular weight excluding hydrogens is 500 g/mol. The first-order chi connectivity index (χ1) is 18.7. The molecule has 2 amide bonds. The SMILES string of the molecule is C[C@H]1[C@H](C)CC[C@]2(C(=O)NCC(=O)NCCO)CC[C@]3(C)C(=CC[C@@H]4[C@@]5(C)CC[C@H](O)C(C)(C)[C@@H]5CC[C@]43C)[C@H]12. The van der Waals surface area contributed by atoms with Crippen LogP contribution >= 0.6 is 0 Å². The van der Waals surface area contributed by atoms with Gasteiger partial charge in [-0.05, 0) is 109 Å². The smallest absolute Gasteiger partial charge is 0.239 e. The van der Waals surface area contributed by atoms with Gasteiger partial charge < -0.3 is 20.8 Å². The van der Waals surface area contributed by atoms with Crippen LogP contribution in [0.5, 0.6) is 0 Å². The van der Waals surface area contributed by atoms with Crippen LogP contribution in [0.4, 0.5) is 0 Å². The van der Waals surface area contributed by atoms with Crippen LogP contribution in [0.25, 0.3) is 0 Å². The third-order valence-corrected chi connectivity index (χ3v) is 14.3. The van der Waals surface area contributed by atoms with Crippen molar-refractivity contribution < 1.29 is 19.8 Å². The quantitative estimate of drug-likeness (QED) is 0.349. The van der Waals surface area contributed by atoms with Gasteiger partial charge in [-0.2, -0.15) is 0 Å². The molecule has 5 aliphatic rings. The van der Waals surface area contributed by atoms with E-state index in [0.717, 1.165) is 44.9 Å². The summed E-state index contributed by atoms with van der Waals surface area (Å²) in [5.74, 6) is 2.07. The maximum Gasteiger partial charge on any atom is 0.239 e. The fourth-order valence-corrected chi connectivity index (χ4v) is 11.5. The van der Waals surface area contributed by atoms with Gasteiger partial charge in [-0.3, -0.25) is 9.59 Å². The molecular formula is C34H56N2O4. The number of hydrogen-bond acceptors (Lipinski definition) is 4. The first-order valence-electron chi connectivity index (χ1n) is 16.2. The molecule has 0 aliphatic heterocycles. The molecule has 0 aromatic carbocycles. The Bertz CT molecular complexity index is 1050. The maximum absolute atomic E-state index is 14.1. The Kier molecular flexibility index (Phi) is 7.60. The lowest BCUT2D eigenvalue weighted by Gasteiger charge is -2.71. The number of carbonyl (C=O) groups is 2. The molecule has 4 saturated carbocycles. The number of amides is 2. The topological polar surface area (TPSA) is 98.7 Å². The Balaban J connectivity index is 1.50. The Morgan fingerprint density at radius 3 is 2.35 bits per heavy atom. The number of allylic oxidation sites excluding steroid dienone is 2. The van der Waals surface area contributed by atoms with Crippen LogP contribution < -0.4 is 10.6 Å². The first kappa shape index (κ1) is 30.1. The summed E-state index contributed by atoms with van der Waals surface area (Å²) in [6.45, 7) is 17.1. The zero-order valence-electron chi connectivity index (χ0n) is 26.2. The van der Waals surface area contributed by atoms with E-state index in [-0.39, 0.29) is 65.2 Å². The van der Waals surface area contributed by atoms with Crippen LogP contribution in [-0.4, -0.2) is 47.8 Å². The minimum Gasteiger partial charge on any atom is -0.395 e. The van der Waals surface area contributed by atoms with Gasteiger partial charge in [-0.15, -0.1) is 0 Å². The summed E-state index contributed by atoms with van der Waals surface area (Å²) in [7, 11) is 0. The summed E-state index contributed by atoms with van der Waals surface area (Å²) in [6.07, 6.45) is 11.6. The highest BCUT2D eigenvalue weighted by Crippen LogP contribution is 2.75. The highest BCUT2D eigenvalue weighted by atomic mass is 16.3. The number of hydrogen-bond donors (Lipinski definition) is 4. The van der Waals surface area contributed by atoms with E-state index in [4.69, 9.17) is 5.11 Å². The number of carbonyl (C=O) groups excluding carboxylic acids is 2. The van der Waals surface area contributed by atoms with Gasteiger partial charge in [0.25, 0.3) is 0 Å². The third-order valence-electron chi connectivity index (χ3n) is 14.3. The van der Waals surface area contributed by atoms with E-state index in [2.05, 4.69) is 65.2 Å². The molecule has 0 aromatic heterocycles. The molecule has 4 fully saturated rings. The van der Waals surface area contributed by atoms with Gasteiger partial charge >= 0.3 is 0 Å². The van der Waals surface area contributed by atoms with E-state index >= 15 is 0 Å². The Morgan fingerprint density at radius 1 is 0.925 bits per heavy atom. The molecule has 0 saturated heterocycles. The summed E-state index contributed by atoms with van der Waals surface area (Å²) >= 11 is 0. The zero-order valence-corrected chi connectivity index (χ0v) is 26.2. The van der Waals surface area contributed by atoms with Crippen molar-refractivity contribution in [1.29, 1.82) is 0 Å². The second kappa shape index (κ2) is 10.1. The molecule has 0 radical (unpaired) electrons. The number of aliphatic hydroxyl groups is 2. The van der Waals surface area contributed by atoms with Crippen LogP contribution in [0.1, 0.15) is 106 Å². The molecule has 0 spiro atoms. The van der Waals surface area contributed by atoms with Crippen LogP contribution in [0.2, 0.25) is 0 Å². The van der Waals surface area contributed by atoms with Crippen molar-refractivity contribution in [1.82, 2.24) is 10.6 Å².